The van der Waals surface area contributed by atoms with E-state index in [9.17, 15) is 4.21 Å². The molecule has 0 saturated heterocycles. The van der Waals surface area contributed by atoms with Crippen LogP contribution in [-0.4, -0.2) is 32.2 Å². The second-order valence-electron chi connectivity index (χ2n) is 3.70. The lowest BCUT2D eigenvalue weighted by Crippen LogP contribution is -2.15. The van der Waals surface area contributed by atoms with E-state index in [0.29, 0.717) is 0 Å². The lowest BCUT2D eigenvalue weighted by Gasteiger charge is -2.11. The molecule has 0 aromatic carbocycles. The summed E-state index contributed by atoms with van der Waals surface area (Å²) in [5, 5.41) is 3.59. The number of anilines is 1. The lowest BCUT2D eigenvalue weighted by molar-refractivity contribution is 0.672. The molecule has 1 aromatic heterocycles. The molecule has 90 valence electrons. The minimum atomic E-state index is -0.777. The molecule has 0 radical (unpaired) electrons. The van der Waals surface area contributed by atoms with Crippen molar-refractivity contribution in [2.24, 2.45) is 0 Å². The predicted molar refractivity (Wildman–Crippen MR) is 68.4 cm³/mol. The Labute approximate surface area is 103 Å². The zero-order chi connectivity index (χ0) is 12.1. The van der Waals surface area contributed by atoms with Gasteiger partial charge < -0.3 is 5.32 Å². The van der Waals surface area contributed by atoms with Crippen molar-refractivity contribution in [3.63, 3.8) is 0 Å². The van der Waals surface area contributed by atoms with E-state index in [4.69, 9.17) is 11.6 Å². The van der Waals surface area contributed by atoms with Crippen LogP contribution >= 0.6 is 11.6 Å². The van der Waals surface area contributed by atoms with E-state index in [1.165, 1.54) is 0 Å². The first kappa shape index (κ1) is 13.4. The maximum absolute atomic E-state index is 11.1. The Bertz CT molecular complexity index is 386. The van der Waals surface area contributed by atoms with E-state index < -0.39 is 10.8 Å². The van der Waals surface area contributed by atoms with Gasteiger partial charge in [-0.1, -0.05) is 6.92 Å². The number of hydrogen-bond donors (Lipinski definition) is 1. The first-order valence-corrected chi connectivity index (χ1v) is 7.06. The number of nitrogens with one attached hydrogen (secondary N) is 1. The minimum absolute atomic E-state index is 0.185. The van der Waals surface area contributed by atoms with Gasteiger partial charge in [-0.05, 0) is 24.9 Å². The fourth-order valence-electron chi connectivity index (χ4n) is 1.16. The van der Waals surface area contributed by atoms with Crippen molar-refractivity contribution in [1.29, 1.82) is 0 Å². The van der Waals surface area contributed by atoms with Crippen LogP contribution in [0.4, 0.5) is 5.82 Å². The topological polar surface area (TPSA) is 54.9 Å². The number of hydrogen-bond acceptors (Lipinski definition) is 4. The highest BCUT2D eigenvalue weighted by atomic mass is 35.5. The predicted octanol–water partition coefficient (Wildman–Crippen LogP) is 2.01. The Balaban J connectivity index is 2.48. The largest absolute Gasteiger partial charge is 0.370 e. The molecule has 1 N–H and O–H groups in total. The van der Waals surface area contributed by atoms with Gasteiger partial charge in [-0.2, -0.15) is 0 Å². The Morgan fingerprint density at radius 3 is 2.94 bits per heavy atom. The minimum Gasteiger partial charge on any atom is -0.370 e. The molecule has 0 spiro atoms. The molecule has 0 saturated carbocycles. The molecule has 0 aliphatic carbocycles. The normalized spacial score (nSPS) is 14.5. The molecule has 0 bridgehead atoms. The summed E-state index contributed by atoms with van der Waals surface area (Å²) in [5.74, 6) is 0.745. The summed E-state index contributed by atoms with van der Waals surface area (Å²) >= 11 is 5.70. The maximum Gasteiger partial charge on any atom is 0.224 e. The Hall–Kier alpha value is -0.680. The molecule has 0 aliphatic rings. The highest BCUT2D eigenvalue weighted by Crippen LogP contribution is 2.12. The average Bonchev–Trinajstić information content (AvgIpc) is 2.22. The zero-order valence-corrected chi connectivity index (χ0v) is 11.2. The van der Waals surface area contributed by atoms with Crippen LogP contribution in [0.1, 0.15) is 18.9 Å². The third-order valence-corrected chi connectivity index (χ3v) is 3.90. The van der Waals surface area contributed by atoms with Gasteiger partial charge in [-0.3, -0.25) is 4.21 Å². The van der Waals surface area contributed by atoms with E-state index in [1.54, 1.807) is 12.5 Å². The number of aryl methyl sites for hydroxylation is 1. The Morgan fingerprint density at radius 2 is 2.31 bits per heavy atom. The van der Waals surface area contributed by atoms with Gasteiger partial charge in [0.2, 0.25) is 5.28 Å². The molecule has 4 nitrogen and oxygen atoms in total. The van der Waals surface area contributed by atoms with Crippen molar-refractivity contribution >= 4 is 28.2 Å². The van der Waals surface area contributed by atoms with E-state index in [1.807, 2.05) is 13.8 Å². The molecule has 16 heavy (non-hydrogen) atoms. The van der Waals surface area contributed by atoms with Gasteiger partial charge in [-0.25, -0.2) is 9.97 Å². The highest BCUT2D eigenvalue weighted by molar-refractivity contribution is 7.84. The van der Waals surface area contributed by atoms with Crippen LogP contribution < -0.4 is 5.32 Å². The molecule has 6 heteroatoms. The van der Waals surface area contributed by atoms with Gasteiger partial charge in [-0.15, -0.1) is 0 Å². The van der Waals surface area contributed by atoms with Crippen molar-refractivity contribution < 1.29 is 4.21 Å². The van der Waals surface area contributed by atoms with Crippen molar-refractivity contribution in [3.05, 3.63) is 17.0 Å². The lowest BCUT2D eigenvalue weighted by atomic mass is 10.3. The van der Waals surface area contributed by atoms with Gasteiger partial charge in [0.05, 0.1) is 0 Å². The van der Waals surface area contributed by atoms with Crippen LogP contribution in [-0.2, 0) is 10.8 Å². The third kappa shape index (κ3) is 4.06. The Morgan fingerprint density at radius 1 is 1.62 bits per heavy atom. The molecule has 1 rings (SSSR count). The monoisotopic (exact) mass is 261 g/mol. The summed E-state index contributed by atoms with van der Waals surface area (Å²) in [6.45, 7) is 4.62. The second-order valence-corrected chi connectivity index (χ2v) is 5.84. The molecular weight excluding hydrogens is 246 g/mol. The van der Waals surface area contributed by atoms with Gasteiger partial charge in [0.1, 0.15) is 5.82 Å². The molecule has 0 amide bonds. The average molecular weight is 262 g/mol. The smallest absolute Gasteiger partial charge is 0.224 e. The maximum atomic E-state index is 11.1. The molecule has 0 fully saturated rings. The van der Waals surface area contributed by atoms with Crippen molar-refractivity contribution in [2.75, 3.05) is 18.1 Å². The summed E-state index contributed by atoms with van der Waals surface area (Å²) in [4.78, 5) is 7.96. The van der Waals surface area contributed by atoms with Crippen LogP contribution in [0.3, 0.4) is 0 Å². The summed E-state index contributed by atoms with van der Waals surface area (Å²) in [6.07, 6.45) is 4.24. The van der Waals surface area contributed by atoms with Crippen LogP contribution in [0.5, 0.6) is 0 Å². The van der Waals surface area contributed by atoms with Crippen LogP contribution in [0.2, 0.25) is 5.28 Å². The first-order chi connectivity index (χ1) is 7.50. The second kappa shape index (κ2) is 6.15. The highest BCUT2D eigenvalue weighted by Gasteiger charge is 2.06. The molecule has 0 aliphatic heterocycles. The van der Waals surface area contributed by atoms with E-state index >= 15 is 0 Å². The number of rotatable bonds is 5. The fraction of sp³-hybridized carbons (Fsp3) is 0.600. The first-order valence-electron chi connectivity index (χ1n) is 5.06. The third-order valence-electron chi connectivity index (χ3n) is 2.35. The quantitative estimate of drug-likeness (QED) is 0.824. The summed E-state index contributed by atoms with van der Waals surface area (Å²) < 4.78 is 11.1. The number of halogens is 1. The van der Waals surface area contributed by atoms with Crippen LogP contribution in [0.15, 0.2) is 6.20 Å². The molecular formula is C10H16ClN3OS. The van der Waals surface area contributed by atoms with E-state index in [2.05, 4.69) is 15.3 Å². The molecule has 1 heterocycles. The number of nitrogens with zero attached hydrogens (tertiary/aromatic N) is 2. The van der Waals surface area contributed by atoms with E-state index in [0.717, 1.165) is 24.3 Å². The Kier molecular flexibility index (Phi) is 5.15. The van der Waals surface area contributed by atoms with E-state index in [-0.39, 0.29) is 10.5 Å². The van der Waals surface area contributed by atoms with Crippen molar-refractivity contribution in [1.82, 2.24) is 9.97 Å². The summed E-state index contributed by atoms with van der Waals surface area (Å²) in [5.41, 5.74) is 0.953. The standard InChI is InChI=1S/C10H16ClN3OS/c1-7-6-13-10(11)14-9(7)12-5-4-8(2)16(3)15/h6,8H,4-5H2,1-3H3,(H,12,13,14). The van der Waals surface area contributed by atoms with Crippen LogP contribution in [0, 0.1) is 6.92 Å². The van der Waals surface area contributed by atoms with Crippen LogP contribution in [0.25, 0.3) is 0 Å². The molecule has 2 unspecified atom stereocenters. The van der Waals surface area contributed by atoms with Gasteiger partial charge in [0.25, 0.3) is 0 Å². The summed E-state index contributed by atoms with van der Waals surface area (Å²) in [7, 11) is -0.777. The van der Waals surface area contributed by atoms with Crippen molar-refractivity contribution in [2.45, 2.75) is 25.5 Å². The fourth-order valence-corrected chi connectivity index (χ4v) is 1.74. The SMILES string of the molecule is Cc1cnc(Cl)nc1NCCC(C)S(C)=O. The molecule has 1 aromatic rings. The van der Waals surface area contributed by atoms with Gasteiger partial charge in [0, 0.05) is 40.6 Å². The van der Waals surface area contributed by atoms with Gasteiger partial charge >= 0.3 is 0 Å². The van der Waals surface area contributed by atoms with Crippen molar-refractivity contribution in [3.8, 4) is 0 Å². The molecule has 2 atom stereocenters. The number of aromatic nitrogens is 2. The van der Waals surface area contributed by atoms with Gasteiger partial charge in [0.15, 0.2) is 0 Å². The summed E-state index contributed by atoms with van der Waals surface area (Å²) in [6, 6.07) is 0. The zero-order valence-electron chi connectivity index (χ0n) is 9.66.